The van der Waals surface area contributed by atoms with Crippen LogP contribution in [0.4, 0.5) is 23.2 Å². The van der Waals surface area contributed by atoms with Gasteiger partial charge in [-0.1, -0.05) is 82.9 Å². The van der Waals surface area contributed by atoms with Crippen LogP contribution >= 0.6 is 0 Å². The number of nitrogens with one attached hydrogen (secondary N) is 2. The van der Waals surface area contributed by atoms with E-state index in [0.29, 0.717) is 18.5 Å². The topological polar surface area (TPSA) is 47.2 Å². The summed E-state index contributed by atoms with van der Waals surface area (Å²) in [5, 5.41) is 4.63. The third-order valence-electron chi connectivity index (χ3n) is 9.68. The SMILES string of the molecule is CCCCCCCCCCC[C@@H]1Cc2c([nH]c3ccccc23)[C@@H](c2ccc(N[C@H]3CCN(CCCF)C3)cn2)N1CC(F)(F)F. The van der Waals surface area contributed by atoms with E-state index in [1.807, 2.05) is 30.3 Å². The standard InChI is InChI=1S/C36H51F4N5/c1-2-3-4-5-6-7-8-9-10-14-29-23-31-30-15-11-12-16-32(30)43-34(31)35(45(29)26-36(38,39)40)33-18-17-27(24-41-33)42-28-19-22-44(25-28)21-13-20-37/h11-12,15-18,24,28-29,35,42-43H,2-10,13-14,19-23,25-26H2,1H3/t28-,29+,35+/m0/s1. The normalized spacial score (nSPS) is 21.0. The number of benzene rings is 1. The van der Waals surface area contributed by atoms with Gasteiger partial charge in [-0.25, -0.2) is 0 Å². The Morgan fingerprint density at radius 2 is 1.71 bits per heavy atom. The fourth-order valence-electron chi connectivity index (χ4n) is 7.43. The highest BCUT2D eigenvalue weighted by atomic mass is 19.4. The monoisotopic (exact) mass is 629 g/mol. The van der Waals surface area contributed by atoms with Gasteiger partial charge in [-0.05, 0) is 49.4 Å². The average molecular weight is 630 g/mol. The number of unbranched alkanes of at least 4 members (excludes halogenated alkanes) is 8. The highest BCUT2D eigenvalue weighted by Crippen LogP contribution is 2.43. The maximum atomic E-state index is 14.2. The van der Waals surface area contributed by atoms with Crippen molar-refractivity contribution in [1.82, 2.24) is 19.8 Å². The summed E-state index contributed by atoms with van der Waals surface area (Å²) < 4.78 is 55.2. The van der Waals surface area contributed by atoms with Crippen LogP contribution in [0.3, 0.4) is 0 Å². The van der Waals surface area contributed by atoms with Gasteiger partial charge in [0.1, 0.15) is 0 Å². The number of aromatic nitrogens is 2. The number of hydrogen-bond donors (Lipinski definition) is 2. The van der Waals surface area contributed by atoms with E-state index in [4.69, 9.17) is 4.98 Å². The summed E-state index contributed by atoms with van der Waals surface area (Å²) in [6.45, 7) is 3.50. The number of fused-ring (bicyclic) bond motifs is 3. The summed E-state index contributed by atoms with van der Waals surface area (Å²) in [6, 6.07) is 11.3. The molecule has 45 heavy (non-hydrogen) atoms. The van der Waals surface area contributed by atoms with Crippen LogP contribution < -0.4 is 5.32 Å². The van der Waals surface area contributed by atoms with Crippen molar-refractivity contribution < 1.29 is 17.6 Å². The van der Waals surface area contributed by atoms with Crippen molar-refractivity contribution in [3.63, 3.8) is 0 Å². The van der Waals surface area contributed by atoms with Crippen LogP contribution in [0.2, 0.25) is 0 Å². The molecule has 2 aliphatic rings. The average Bonchev–Trinajstić information content (AvgIpc) is 3.63. The third kappa shape index (κ3) is 9.22. The number of pyridine rings is 1. The van der Waals surface area contributed by atoms with E-state index in [2.05, 4.69) is 28.2 Å². The molecule has 0 unspecified atom stereocenters. The van der Waals surface area contributed by atoms with Crippen molar-refractivity contribution in [3.8, 4) is 0 Å². The maximum Gasteiger partial charge on any atom is 0.401 e. The van der Waals surface area contributed by atoms with Crippen molar-refractivity contribution >= 4 is 16.6 Å². The number of rotatable bonds is 17. The van der Waals surface area contributed by atoms with Gasteiger partial charge in [0.05, 0.1) is 36.8 Å². The highest BCUT2D eigenvalue weighted by Gasteiger charge is 2.43. The fourth-order valence-corrected chi connectivity index (χ4v) is 7.43. The number of para-hydroxylation sites is 1. The quantitative estimate of drug-likeness (QED) is 0.115. The molecule has 248 valence electrons. The molecule has 9 heteroatoms. The van der Waals surface area contributed by atoms with Gasteiger partial charge < -0.3 is 15.2 Å². The first-order valence-electron chi connectivity index (χ1n) is 17.3. The van der Waals surface area contributed by atoms with Gasteiger partial charge in [0.2, 0.25) is 0 Å². The van der Waals surface area contributed by atoms with Crippen molar-refractivity contribution in [2.75, 3.05) is 38.2 Å². The molecule has 1 fully saturated rings. The van der Waals surface area contributed by atoms with Crippen LogP contribution in [0.1, 0.15) is 107 Å². The van der Waals surface area contributed by atoms with E-state index in [1.54, 1.807) is 11.1 Å². The first kappa shape index (κ1) is 33.7. The second-order valence-corrected chi connectivity index (χ2v) is 13.2. The lowest BCUT2D eigenvalue weighted by Gasteiger charge is -2.42. The zero-order chi connectivity index (χ0) is 31.6. The fraction of sp³-hybridized carbons (Fsp3) is 0.639. The van der Waals surface area contributed by atoms with Gasteiger partial charge in [-0.2, -0.15) is 13.2 Å². The molecule has 0 aliphatic carbocycles. The van der Waals surface area contributed by atoms with E-state index in [1.165, 1.54) is 38.5 Å². The molecule has 0 radical (unpaired) electrons. The third-order valence-corrected chi connectivity index (χ3v) is 9.68. The molecule has 3 atom stereocenters. The number of anilines is 1. The largest absolute Gasteiger partial charge is 0.401 e. The molecule has 3 aromatic rings. The van der Waals surface area contributed by atoms with Crippen LogP contribution in [-0.4, -0.2) is 70.9 Å². The predicted molar refractivity (Wildman–Crippen MR) is 176 cm³/mol. The van der Waals surface area contributed by atoms with Gasteiger partial charge in [-0.3, -0.25) is 14.3 Å². The number of hydrogen-bond acceptors (Lipinski definition) is 4. The minimum Gasteiger partial charge on any atom is -0.380 e. The second kappa shape index (κ2) is 16.3. The van der Waals surface area contributed by atoms with Crippen LogP contribution in [-0.2, 0) is 6.42 Å². The lowest BCUT2D eigenvalue weighted by molar-refractivity contribution is -0.157. The van der Waals surface area contributed by atoms with Gasteiger partial charge in [0, 0.05) is 48.3 Å². The van der Waals surface area contributed by atoms with E-state index < -0.39 is 18.8 Å². The molecule has 0 bridgehead atoms. The number of halogens is 4. The number of alkyl halides is 4. The van der Waals surface area contributed by atoms with Crippen molar-refractivity contribution in [1.29, 1.82) is 0 Å². The van der Waals surface area contributed by atoms with Gasteiger partial charge in [-0.15, -0.1) is 0 Å². The number of aromatic amines is 1. The lowest BCUT2D eigenvalue weighted by Crippen LogP contribution is -2.48. The molecule has 2 N–H and O–H groups in total. The molecule has 1 aromatic carbocycles. The summed E-state index contributed by atoms with van der Waals surface area (Å²) in [7, 11) is 0. The summed E-state index contributed by atoms with van der Waals surface area (Å²) in [6.07, 6.45) is 11.0. The molecular formula is C36H51F4N5. The molecule has 2 aliphatic heterocycles. The Kier molecular flexibility index (Phi) is 12.2. The molecular weight excluding hydrogens is 578 g/mol. The zero-order valence-corrected chi connectivity index (χ0v) is 26.9. The molecule has 0 spiro atoms. The minimum atomic E-state index is -4.32. The highest BCUT2D eigenvalue weighted by molar-refractivity contribution is 5.85. The van der Waals surface area contributed by atoms with Crippen LogP contribution in [0.25, 0.3) is 10.9 Å². The van der Waals surface area contributed by atoms with Crippen molar-refractivity contribution in [2.24, 2.45) is 0 Å². The van der Waals surface area contributed by atoms with Gasteiger partial charge in [0.25, 0.3) is 0 Å². The Balaban J connectivity index is 1.33. The maximum absolute atomic E-state index is 14.2. The Morgan fingerprint density at radius 1 is 0.956 bits per heavy atom. The molecule has 0 saturated carbocycles. The molecule has 5 nitrogen and oxygen atoms in total. The van der Waals surface area contributed by atoms with Crippen molar-refractivity contribution in [2.45, 2.75) is 115 Å². The lowest BCUT2D eigenvalue weighted by atomic mass is 9.87. The predicted octanol–water partition coefficient (Wildman–Crippen LogP) is 9.21. The smallest absolute Gasteiger partial charge is 0.380 e. The molecule has 0 amide bonds. The van der Waals surface area contributed by atoms with Crippen LogP contribution in [0, 0.1) is 0 Å². The Hall–Kier alpha value is -2.65. The summed E-state index contributed by atoms with van der Waals surface area (Å²) in [5.74, 6) is 0. The number of nitrogens with zero attached hydrogens (tertiary/aromatic N) is 3. The van der Waals surface area contributed by atoms with E-state index >= 15 is 0 Å². The Bertz CT molecular complexity index is 1310. The van der Waals surface area contributed by atoms with Crippen molar-refractivity contribution in [3.05, 3.63) is 59.5 Å². The molecule has 5 rings (SSSR count). The van der Waals surface area contributed by atoms with Gasteiger partial charge >= 0.3 is 6.18 Å². The summed E-state index contributed by atoms with van der Waals surface area (Å²) >= 11 is 0. The van der Waals surface area contributed by atoms with Gasteiger partial charge in [0.15, 0.2) is 0 Å². The first-order chi connectivity index (χ1) is 21.9. The number of H-pyrrole nitrogens is 1. The zero-order valence-electron chi connectivity index (χ0n) is 26.9. The molecule has 4 heterocycles. The summed E-state index contributed by atoms with van der Waals surface area (Å²) in [5.41, 5.74) is 4.40. The van der Waals surface area contributed by atoms with E-state index in [-0.39, 0.29) is 18.8 Å². The second-order valence-electron chi connectivity index (χ2n) is 13.2. The summed E-state index contributed by atoms with van der Waals surface area (Å²) in [4.78, 5) is 12.2. The van der Waals surface area contributed by atoms with E-state index in [9.17, 15) is 17.6 Å². The molecule has 1 saturated heterocycles. The van der Waals surface area contributed by atoms with Crippen LogP contribution in [0.15, 0.2) is 42.6 Å². The van der Waals surface area contributed by atoms with Crippen LogP contribution in [0.5, 0.6) is 0 Å². The minimum absolute atomic E-state index is 0.221. The molecule has 2 aromatic heterocycles. The van der Waals surface area contributed by atoms with E-state index in [0.717, 1.165) is 79.6 Å². The first-order valence-corrected chi connectivity index (χ1v) is 17.3. The Labute approximate surface area is 266 Å². The number of likely N-dealkylation sites (tertiary alicyclic amines) is 1. The Morgan fingerprint density at radius 3 is 2.42 bits per heavy atom.